The second-order valence-corrected chi connectivity index (χ2v) is 6.24. The quantitative estimate of drug-likeness (QED) is 0.467. The van der Waals surface area contributed by atoms with E-state index in [2.05, 4.69) is 45.2 Å². The molecule has 0 N–H and O–H groups in total. The maximum Gasteiger partial charge on any atom is 0.0176 e. The molecule has 2 heteroatoms. The second kappa shape index (κ2) is 2.50. The molecule has 2 fully saturated rings. The van der Waals surface area contributed by atoms with Gasteiger partial charge in [-0.1, -0.05) is 45.2 Å². The van der Waals surface area contributed by atoms with E-state index in [-0.39, 0.29) is 0 Å². The average Bonchev–Trinajstić information content (AvgIpc) is 2.25. The summed E-state index contributed by atoms with van der Waals surface area (Å²) in [6.07, 6.45) is 4.56. The monoisotopic (exact) mass is 348 g/mol. The van der Waals surface area contributed by atoms with Gasteiger partial charge in [0, 0.05) is 7.85 Å². The Morgan fingerprint density at radius 1 is 1.11 bits per heavy atom. The molecule has 0 radical (unpaired) electrons. The number of alkyl halides is 2. The van der Waals surface area contributed by atoms with E-state index in [1.807, 2.05) is 0 Å². The lowest BCUT2D eigenvalue weighted by Crippen LogP contribution is -2.10. The van der Waals surface area contributed by atoms with Crippen molar-refractivity contribution in [1.29, 1.82) is 0 Å². The van der Waals surface area contributed by atoms with Crippen LogP contribution in [0.4, 0.5) is 0 Å². The van der Waals surface area contributed by atoms with E-state index in [4.69, 9.17) is 0 Å². The Bertz CT molecular complexity index is 124. The molecule has 0 nitrogen and oxygen atoms in total. The van der Waals surface area contributed by atoms with Crippen molar-refractivity contribution in [3.8, 4) is 0 Å². The molecule has 9 heavy (non-hydrogen) atoms. The summed E-state index contributed by atoms with van der Waals surface area (Å²) in [5, 5.41) is 0. The summed E-state index contributed by atoms with van der Waals surface area (Å²) in [4.78, 5) is 0. The van der Waals surface area contributed by atoms with Gasteiger partial charge in [-0.05, 0) is 31.1 Å². The van der Waals surface area contributed by atoms with E-state index in [9.17, 15) is 0 Å². The minimum absolute atomic E-state index is 1.02. The molecule has 0 heterocycles. The van der Waals surface area contributed by atoms with E-state index in [0.29, 0.717) is 0 Å². The highest BCUT2D eigenvalue weighted by atomic mass is 127. The highest BCUT2D eigenvalue weighted by molar-refractivity contribution is 14.1. The predicted octanol–water partition coefficient (Wildman–Crippen LogP) is 3.02. The van der Waals surface area contributed by atoms with Gasteiger partial charge in [0.25, 0.3) is 0 Å². The van der Waals surface area contributed by atoms with E-state index in [1.54, 1.807) is 0 Å². The summed E-state index contributed by atoms with van der Waals surface area (Å²) >= 11 is 5.29. The van der Waals surface area contributed by atoms with Crippen LogP contribution in [0.1, 0.15) is 19.3 Å². The van der Waals surface area contributed by atoms with Gasteiger partial charge in [-0.15, -0.1) is 0 Å². The first-order valence-electron chi connectivity index (χ1n) is 3.57. The lowest BCUT2D eigenvalue weighted by atomic mass is 10.0. The number of hydrogen-bond acceptors (Lipinski definition) is 0. The molecule has 0 amide bonds. The summed E-state index contributed by atoms with van der Waals surface area (Å²) in [7, 11) is 0. The first kappa shape index (κ1) is 7.13. The summed E-state index contributed by atoms with van der Waals surface area (Å²) < 4.78 is 2.05. The molecule has 0 aromatic heterocycles. The van der Waals surface area contributed by atoms with Crippen molar-refractivity contribution in [2.24, 2.45) is 11.8 Å². The second-order valence-electron chi connectivity index (χ2n) is 3.20. The fourth-order valence-electron chi connectivity index (χ4n) is 2.17. The molecule has 2 aliphatic carbocycles. The van der Waals surface area contributed by atoms with Crippen molar-refractivity contribution in [2.75, 3.05) is 0 Å². The Hall–Kier alpha value is 1.46. The third-order valence-electron chi connectivity index (χ3n) is 2.72. The van der Waals surface area contributed by atoms with Crippen LogP contribution in [0.3, 0.4) is 0 Å². The third kappa shape index (κ3) is 1.04. The zero-order chi connectivity index (χ0) is 6.43. The summed E-state index contributed by atoms with van der Waals surface area (Å²) in [6, 6.07) is 0. The molecular formula is C7H10I2. The van der Waals surface area contributed by atoms with Crippen LogP contribution < -0.4 is 0 Å². The van der Waals surface area contributed by atoms with Crippen molar-refractivity contribution in [1.82, 2.24) is 0 Å². The Morgan fingerprint density at radius 3 is 2.11 bits per heavy atom. The normalized spacial score (nSPS) is 56.7. The zero-order valence-corrected chi connectivity index (χ0v) is 9.50. The Morgan fingerprint density at radius 2 is 1.89 bits per heavy atom. The molecule has 2 aliphatic rings. The molecule has 2 bridgehead atoms. The van der Waals surface area contributed by atoms with Crippen LogP contribution in [0.15, 0.2) is 0 Å². The van der Waals surface area contributed by atoms with Crippen molar-refractivity contribution >= 4 is 45.2 Å². The molecule has 4 atom stereocenters. The standard InChI is InChI=1S/C7H10I2/c8-6-3-4-1-2-5(6)7(4)9/h4-7H,1-3H2/t4-,5+,6-,7+/m0/s1. The highest BCUT2D eigenvalue weighted by Gasteiger charge is 2.45. The summed E-state index contributed by atoms with van der Waals surface area (Å²) in [5.74, 6) is 2.17. The Balaban J connectivity index is 2.16. The maximum atomic E-state index is 2.66. The van der Waals surface area contributed by atoms with Gasteiger partial charge in [0.2, 0.25) is 0 Å². The van der Waals surface area contributed by atoms with Gasteiger partial charge in [-0.25, -0.2) is 0 Å². The van der Waals surface area contributed by atoms with Gasteiger partial charge < -0.3 is 0 Å². The lowest BCUT2D eigenvalue weighted by Gasteiger charge is -2.13. The first-order valence-corrected chi connectivity index (χ1v) is 6.06. The van der Waals surface area contributed by atoms with E-state index < -0.39 is 0 Å². The summed E-state index contributed by atoms with van der Waals surface area (Å²) in [6.45, 7) is 0. The fourth-order valence-corrected chi connectivity index (χ4v) is 5.94. The minimum Gasteiger partial charge on any atom is -0.0823 e. The topological polar surface area (TPSA) is 0 Å². The number of fused-ring (bicyclic) bond motifs is 2. The van der Waals surface area contributed by atoms with E-state index in [1.165, 1.54) is 19.3 Å². The van der Waals surface area contributed by atoms with Crippen molar-refractivity contribution in [3.05, 3.63) is 0 Å². The van der Waals surface area contributed by atoms with Crippen LogP contribution in [-0.4, -0.2) is 7.85 Å². The van der Waals surface area contributed by atoms with Crippen LogP contribution in [0.25, 0.3) is 0 Å². The smallest absolute Gasteiger partial charge is 0.0176 e. The SMILES string of the molecule is I[C@@H]1[C@H]2CC[C@@H]1[C@@H](I)C2. The number of hydrogen-bond donors (Lipinski definition) is 0. The van der Waals surface area contributed by atoms with E-state index >= 15 is 0 Å². The molecule has 52 valence electrons. The highest BCUT2D eigenvalue weighted by Crippen LogP contribution is 2.51. The Kier molecular flexibility index (Phi) is 1.98. The molecular weight excluding hydrogens is 338 g/mol. The third-order valence-corrected chi connectivity index (χ3v) is 6.10. The number of rotatable bonds is 0. The van der Waals surface area contributed by atoms with Crippen molar-refractivity contribution in [2.45, 2.75) is 27.1 Å². The van der Waals surface area contributed by atoms with Crippen LogP contribution in [0.2, 0.25) is 0 Å². The van der Waals surface area contributed by atoms with Gasteiger partial charge in [-0.3, -0.25) is 0 Å². The van der Waals surface area contributed by atoms with Crippen molar-refractivity contribution in [3.63, 3.8) is 0 Å². The van der Waals surface area contributed by atoms with Crippen LogP contribution in [0, 0.1) is 11.8 Å². The van der Waals surface area contributed by atoms with Gasteiger partial charge >= 0.3 is 0 Å². The number of halogens is 2. The lowest BCUT2D eigenvalue weighted by molar-refractivity contribution is 0.503. The Labute approximate surface area is 83.4 Å². The maximum absolute atomic E-state index is 2.66. The van der Waals surface area contributed by atoms with Gasteiger partial charge in [0.1, 0.15) is 0 Å². The van der Waals surface area contributed by atoms with Crippen LogP contribution >= 0.6 is 45.2 Å². The molecule has 0 aliphatic heterocycles. The zero-order valence-electron chi connectivity index (χ0n) is 5.19. The van der Waals surface area contributed by atoms with Gasteiger partial charge in [0.05, 0.1) is 0 Å². The van der Waals surface area contributed by atoms with Gasteiger partial charge in [-0.2, -0.15) is 0 Å². The summed E-state index contributed by atoms with van der Waals surface area (Å²) in [5.41, 5.74) is 0. The predicted molar refractivity (Wildman–Crippen MR) is 56.4 cm³/mol. The first-order chi connectivity index (χ1) is 4.29. The van der Waals surface area contributed by atoms with Gasteiger partial charge in [0.15, 0.2) is 0 Å². The molecule has 0 unspecified atom stereocenters. The fraction of sp³-hybridized carbons (Fsp3) is 1.00. The minimum atomic E-state index is 1.02. The molecule has 0 aromatic rings. The largest absolute Gasteiger partial charge is 0.0823 e. The molecule has 0 aromatic carbocycles. The molecule has 2 rings (SSSR count). The molecule has 2 saturated carbocycles. The van der Waals surface area contributed by atoms with Crippen LogP contribution in [0.5, 0.6) is 0 Å². The molecule has 0 saturated heterocycles. The van der Waals surface area contributed by atoms with Crippen molar-refractivity contribution < 1.29 is 0 Å². The van der Waals surface area contributed by atoms with Crippen LogP contribution in [-0.2, 0) is 0 Å². The van der Waals surface area contributed by atoms with E-state index in [0.717, 1.165) is 19.7 Å². The average molecular weight is 348 g/mol. The molecule has 0 spiro atoms.